The maximum atomic E-state index is 14.0. The Kier molecular flexibility index (Phi) is 4.59. The molecular weight excluding hydrogens is 356 g/mol. The predicted octanol–water partition coefficient (Wildman–Crippen LogP) is 2.83. The molecular formula is C11H7F6NO4S. The number of H-pyrrole nitrogens is 1. The molecule has 1 aromatic heterocycles. The number of aromatic nitrogens is 1. The van der Waals surface area contributed by atoms with E-state index in [1.54, 1.807) is 0 Å². The Morgan fingerprint density at radius 1 is 1.04 bits per heavy atom. The van der Waals surface area contributed by atoms with Crippen LogP contribution >= 0.6 is 0 Å². The molecule has 1 heterocycles. The van der Waals surface area contributed by atoms with Crippen molar-refractivity contribution in [2.24, 2.45) is 0 Å². The van der Waals surface area contributed by atoms with Gasteiger partial charge >= 0.3 is 16.5 Å². The van der Waals surface area contributed by atoms with Crippen LogP contribution in [0.4, 0.5) is 26.3 Å². The van der Waals surface area contributed by atoms with Crippen molar-refractivity contribution in [1.29, 1.82) is 0 Å². The number of halogens is 6. The van der Waals surface area contributed by atoms with Crippen LogP contribution in [0.3, 0.4) is 0 Å². The van der Waals surface area contributed by atoms with Crippen LogP contribution < -0.4 is 0 Å². The summed E-state index contributed by atoms with van der Waals surface area (Å²) in [5.41, 5.74) is -0.366. The molecule has 0 saturated carbocycles. The van der Waals surface area contributed by atoms with Gasteiger partial charge in [-0.05, 0) is 12.1 Å². The fraction of sp³-hybridized carbons (Fsp3) is 0.273. The minimum Gasteiger partial charge on any atom is -0.341 e. The van der Waals surface area contributed by atoms with Gasteiger partial charge in [0.15, 0.2) is 22.5 Å². The zero-order valence-electron chi connectivity index (χ0n) is 10.9. The summed E-state index contributed by atoms with van der Waals surface area (Å²) in [5.74, 6) is -4.66. The highest BCUT2D eigenvalue weighted by Gasteiger charge is 2.30. The Balaban J connectivity index is 2.25. The van der Waals surface area contributed by atoms with E-state index in [0.717, 1.165) is 6.07 Å². The normalized spacial score (nSPS) is 13.0. The molecule has 0 aliphatic heterocycles. The second-order valence-electron chi connectivity index (χ2n) is 4.12. The fourth-order valence-electron chi connectivity index (χ4n) is 1.69. The molecule has 0 saturated heterocycles. The van der Waals surface area contributed by atoms with E-state index < -0.39 is 57.6 Å². The van der Waals surface area contributed by atoms with Crippen molar-refractivity contribution >= 4 is 21.0 Å². The minimum absolute atomic E-state index is 0.366. The minimum atomic E-state index is -4.99. The molecule has 1 N–H and O–H groups in total. The van der Waals surface area contributed by atoms with E-state index in [9.17, 15) is 34.8 Å². The molecule has 0 aliphatic rings. The van der Waals surface area contributed by atoms with Gasteiger partial charge in [-0.2, -0.15) is 8.42 Å². The molecule has 12 heteroatoms. The number of nitrogens with one attached hydrogen (secondary N) is 1. The molecule has 0 radical (unpaired) electrons. The van der Waals surface area contributed by atoms with Gasteiger partial charge in [0.05, 0.1) is 24.1 Å². The number of benzene rings is 1. The number of hydrogen-bond donors (Lipinski definition) is 1. The Bertz CT molecular complexity index is 829. The molecule has 0 unspecified atom stereocenters. The zero-order chi connectivity index (χ0) is 17.4. The molecule has 23 heavy (non-hydrogen) atoms. The van der Waals surface area contributed by atoms with Crippen molar-refractivity contribution < 1.29 is 43.7 Å². The highest BCUT2D eigenvalue weighted by molar-refractivity contribution is 7.86. The predicted molar refractivity (Wildman–Crippen MR) is 63.3 cm³/mol. The topological polar surface area (TPSA) is 68.4 Å². The fourth-order valence-corrected chi connectivity index (χ4v) is 2.65. The van der Waals surface area contributed by atoms with Crippen LogP contribution in [0.15, 0.2) is 17.2 Å². The van der Waals surface area contributed by atoms with Gasteiger partial charge in [0.25, 0.3) is 0 Å². The molecule has 1 aromatic carbocycles. The summed E-state index contributed by atoms with van der Waals surface area (Å²) in [4.78, 5) is 1.97. The van der Waals surface area contributed by atoms with Crippen molar-refractivity contribution in [2.75, 3.05) is 13.2 Å². The maximum absolute atomic E-state index is 14.0. The molecule has 0 aliphatic carbocycles. The Labute approximate surface area is 124 Å². The van der Waals surface area contributed by atoms with Gasteiger partial charge in [-0.3, -0.25) is 8.92 Å². The summed E-state index contributed by atoms with van der Waals surface area (Å²) in [6.07, 6.45) is -4.99. The van der Waals surface area contributed by atoms with Gasteiger partial charge in [0.1, 0.15) is 0 Å². The lowest BCUT2D eigenvalue weighted by molar-refractivity contribution is -0.325. The Morgan fingerprint density at radius 2 is 1.70 bits per heavy atom. The molecule has 128 valence electrons. The third-order valence-electron chi connectivity index (χ3n) is 2.60. The molecule has 0 fully saturated rings. The molecule has 0 bridgehead atoms. The average molecular weight is 363 g/mol. The number of fused-ring (bicyclic) bond motifs is 1. The smallest absolute Gasteiger partial charge is 0.341 e. The number of ether oxygens (including phenoxy) is 1. The monoisotopic (exact) mass is 363 g/mol. The first-order valence-electron chi connectivity index (χ1n) is 5.78. The van der Waals surface area contributed by atoms with Gasteiger partial charge in [-0.15, -0.1) is 13.2 Å². The summed E-state index contributed by atoms with van der Waals surface area (Å²) >= 11 is 0. The van der Waals surface area contributed by atoms with E-state index in [1.807, 2.05) is 4.98 Å². The van der Waals surface area contributed by atoms with Gasteiger partial charge in [0, 0.05) is 0 Å². The third kappa shape index (κ3) is 3.76. The molecule has 2 rings (SSSR count). The van der Waals surface area contributed by atoms with Crippen LogP contribution in [0.1, 0.15) is 0 Å². The number of rotatable bonds is 5. The first-order valence-corrected chi connectivity index (χ1v) is 7.19. The van der Waals surface area contributed by atoms with E-state index in [1.165, 1.54) is 0 Å². The maximum Gasteiger partial charge on any atom is 0.522 e. The molecule has 2 aromatic rings. The summed E-state index contributed by atoms with van der Waals surface area (Å²) in [6, 6.07) is 1.53. The lowest BCUT2D eigenvalue weighted by Crippen LogP contribution is -2.19. The van der Waals surface area contributed by atoms with Crippen molar-refractivity contribution in [3.63, 3.8) is 0 Å². The van der Waals surface area contributed by atoms with Crippen LogP contribution in [0, 0.1) is 17.5 Å². The van der Waals surface area contributed by atoms with Gasteiger partial charge < -0.3 is 4.98 Å². The summed E-state index contributed by atoms with van der Waals surface area (Å²) in [7, 11) is -4.87. The van der Waals surface area contributed by atoms with E-state index in [-0.39, 0.29) is 5.52 Å². The standard InChI is InChI=1S/C11H7F6NO4S/c12-5-1-2-6-7(8(5)13)9(14)10(18-6)23(19,20)22-4-3-21-11(15,16)17/h1-2,18H,3-4H2. The number of aromatic amines is 1. The van der Waals surface area contributed by atoms with Crippen molar-refractivity contribution in [1.82, 2.24) is 4.98 Å². The summed E-state index contributed by atoms with van der Waals surface area (Å²) < 4.78 is 106. The van der Waals surface area contributed by atoms with Crippen LogP contribution in [0.5, 0.6) is 0 Å². The highest BCUT2D eigenvalue weighted by atomic mass is 32.2. The van der Waals surface area contributed by atoms with Crippen molar-refractivity contribution in [2.45, 2.75) is 11.4 Å². The van der Waals surface area contributed by atoms with Gasteiger partial charge in [-0.25, -0.2) is 13.2 Å². The number of alkyl halides is 3. The van der Waals surface area contributed by atoms with Crippen LogP contribution in [0.25, 0.3) is 10.9 Å². The van der Waals surface area contributed by atoms with E-state index >= 15 is 0 Å². The highest BCUT2D eigenvalue weighted by Crippen LogP contribution is 2.28. The Morgan fingerprint density at radius 3 is 2.30 bits per heavy atom. The van der Waals surface area contributed by atoms with Crippen LogP contribution in [0.2, 0.25) is 0 Å². The lowest BCUT2D eigenvalue weighted by Gasteiger charge is -2.07. The van der Waals surface area contributed by atoms with Crippen molar-refractivity contribution in [3.8, 4) is 0 Å². The Hall–Kier alpha value is -1.79. The van der Waals surface area contributed by atoms with E-state index in [0.29, 0.717) is 6.07 Å². The molecule has 5 nitrogen and oxygen atoms in total. The molecule has 0 amide bonds. The largest absolute Gasteiger partial charge is 0.522 e. The first-order chi connectivity index (χ1) is 10.5. The zero-order valence-corrected chi connectivity index (χ0v) is 11.7. The third-order valence-corrected chi connectivity index (χ3v) is 3.86. The second kappa shape index (κ2) is 6.02. The second-order valence-corrected chi connectivity index (χ2v) is 5.67. The van der Waals surface area contributed by atoms with Crippen molar-refractivity contribution in [3.05, 3.63) is 29.6 Å². The molecule has 0 spiro atoms. The van der Waals surface area contributed by atoms with Gasteiger partial charge in [0.2, 0.25) is 0 Å². The molecule has 0 atom stereocenters. The summed E-state index contributed by atoms with van der Waals surface area (Å²) in [5, 5.41) is -2.18. The SMILES string of the molecule is O=S(=O)(OCCOC(F)(F)F)c1[nH]c2ccc(F)c(F)c2c1F. The van der Waals surface area contributed by atoms with E-state index in [2.05, 4.69) is 8.92 Å². The van der Waals surface area contributed by atoms with E-state index in [4.69, 9.17) is 0 Å². The quantitative estimate of drug-likeness (QED) is 0.504. The lowest BCUT2D eigenvalue weighted by atomic mass is 10.2. The first kappa shape index (κ1) is 17.6. The van der Waals surface area contributed by atoms with Crippen LogP contribution in [-0.2, 0) is 19.0 Å². The summed E-state index contributed by atoms with van der Waals surface area (Å²) in [6.45, 7) is -2.22. The van der Waals surface area contributed by atoms with Gasteiger partial charge in [-0.1, -0.05) is 0 Å². The number of hydrogen-bond acceptors (Lipinski definition) is 4. The average Bonchev–Trinajstić information content (AvgIpc) is 2.77. The van der Waals surface area contributed by atoms with Crippen LogP contribution in [-0.4, -0.2) is 33.0 Å².